The van der Waals surface area contributed by atoms with E-state index in [1.807, 2.05) is 0 Å². The van der Waals surface area contributed by atoms with Crippen molar-refractivity contribution in [1.82, 2.24) is 4.72 Å². The smallest absolute Gasteiger partial charge is 0.291 e. The quantitative estimate of drug-likeness (QED) is 0.733. The van der Waals surface area contributed by atoms with Gasteiger partial charge in [-0.25, -0.2) is 13.1 Å². The molecule has 1 aromatic carbocycles. The van der Waals surface area contributed by atoms with Crippen molar-refractivity contribution in [2.45, 2.75) is 5.09 Å². The molecule has 106 valence electrons. The Bertz CT molecular complexity index is 719. The lowest BCUT2D eigenvalue weighted by Crippen LogP contribution is -2.18. The van der Waals surface area contributed by atoms with Crippen molar-refractivity contribution in [2.24, 2.45) is 0 Å². The number of hydrogen-bond donors (Lipinski definition) is 3. The van der Waals surface area contributed by atoms with Gasteiger partial charge in [0, 0.05) is 5.69 Å². The van der Waals surface area contributed by atoms with E-state index in [4.69, 9.17) is 9.52 Å². The number of benzene rings is 1. The fourth-order valence-electron chi connectivity index (χ4n) is 1.42. The van der Waals surface area contributed by atoms with Crippen LogP contribution in [0, 0.1) is 0 Å². The van der Waals surface area contributed by atoms with Crippen LogP contribution in [0.4, 0.5) is 5.69 Å². The molecule has 0 aliphatic heterocycles. The summed E-state index contributed by atoms with van der Waals surface area (Å²) in [6.45, 7) is 0. The van der Waals surface area contributed by atoms with E-state index in [-0.39, 0.29) is 16.6 Å². The molecule has 1 amide bonds. The molecule has 3 N–H and O–H groups in total. The summed E-state index contributed by atoms with van der Waals surface area (Å²) >= 11 is 0. The summed E-state index contributed by atoms with van der Waals surface area (Å²) in [5.74, 6) is -0.649. The Balaban J connectivity index is 2.16. The topological polar surface area (TPSA) is 109 Å². The zero-order chi connectivity index (χ0) is 14.8. The molecular formula is C12H12N2O5S. The first-order valence-corrected chi connectivity index (χ1v) is 7.04. The molecule has 0 fully saturated rings. The van der Waals surface area contributed by atoms with E-state index in [1.165, 1.54) is 43.4 Å². The first-order valence-electron chi connectivity index (χ1n) is 5.56. The van der Waals surface area contributed by atoms with E-state index in [0.717, 1.165) is 0 Å². The second-order valence-corrected chi connectivity index (χ2v) is 5.64. The van der Waals surface area contributed by atoms with Crippen LogP contribution in [-0.4, -0.2) is 26.5 Å². The van der Waals surface area contributed by atoms with Crippen molar-refractivity contribution in [1.29, 1.82) is 0 Å². The summed E-state index contributed by atoms with van der Waals surface area (Å²) in [6, 6.07) is 8.28. The van der Waals surface area contributed by atoms with Crippen LogP contribution < -0.4 is 10.0 Å². The maximum Gasteiger partial charge on any atom is 0.291 e. The first-order chi connectivity index (χ1) is 9.42. The third kappa shape index (κ3) is 2.98. The van der Waals surface area contributed by atoms with Gasteiger partial charge in [-0.3, -0.25) is 4.79 Å². The standard InChI is InChI=1S/C12H12N2O5S/c1-13-20(17,18)11-7-6-10(19-11)12(16)14-8-2-4-9(15)5-3-8/h2-7,13,15H,1H3,(H,14,16). The molecule has 20 heavy (non-hydrogen) atoms. The minimum absolute atomic E-state index is 0.0726. The molecule has 2 aromatic rings. The van der Waals surface area contributed by atoms with E-state index in [0.29, 0.717) is 5.69 Å². The number of sulfonamides is 1. The number of rotatable bonds is 4. The predicted octanol–water partition coefficient (Wildman–Crippen LogP) is 1.15. The van der Waals surface area contributed by atoms with Gasteiger partial charge in [0.25, 0.3) is 15.9 Å². The van der Waals surface area contributed by atoms with Crippen molar-refractivity contribution in [2.75, 3.05) is 12.4 Å². The number of carbonyl (C=O) groups excluding carboxylic acids is 1. The Morgan fingerprint density at radius 2 is 1.80 bits per heavy atom. The number of amides is 1. The number of hydrogen-bond acceptors (Lipinski definition) is 5. The van der Waals surface area contributed by atoms with E-state index >= 15 is 0 Å². The maximum atomic E-state index is 11.8. The molecule has 0 radical (unpaired) electrons. The Kier molecular flexibility index (Phi) is 3.77. The summed E-state index contributed by atoms with van der Waals surface area (Å²) in [5.41, 5.74) is 0.447. The van der Waals surface area contributed by atoms with Crippen LogP contribution in [0.25, 0.3) is 0 Å². The summed E-state index contributed by atoms with van der Waals surface area (Å²) < 4.78 is 30.0. The van der Waals surface area contributed by atoms with Crippen LogP contribution in [0.3, 0.4) is 0 Å². The highest BCUT2D eigenvalue weighted by Crippen LogP contribution is 2.17. The van der Waals surface area contributed by atoms with Gasteiger partial charge in [-0.2, -0.15) is 0 Å². The van der Waals surface area contributed by atoms with Crippen LogP contribution >= 0.6 is 0 Å². The van der Waals surface area contributed by atoms with E-state index in [9.17, 15) is 13.2 Å². The van der Waals surface area contributed by atoms with E-state index in [2.05, 4.69) is 10.0 Å². The molecule has 1 aromatic heterocycles. The highest BCUT2D eigenvalue weighted by atomic mass is 32.2. The number of aromatic hydroxyl groups is 1. The van der Waals surface area contributed by atoms with E-state index < -0.39 is 15.9 Å². The molecule has 2 rings (SSSR count). The first kappa shape index (κ1) is 14.1. The average Bonchev–Trinajstić information content (AvgIpc) is 2.92. The van der Waals surface area contributed by atoms with Crippen molar-refractivity contribution < 1.29 is 22.7 Å². The largest absolute Gasteiger partial charge is 0.508 e. The van der Waals surface area contributed by atoms with E-state index in [1.54, 1.807) is 0 Å². The Morgan fingerprint density at radius 1 is 1.15 bits per heavy atom. The highest BCUT2D eigenvalue weighted by molar-refractivity contribution is 7.89. The molecule has 0 unspecified atom stereocenters. The fourth-order valence-corrected chi connectivity index (χ4v) is 2.07. The van der Waals surface area contributed by atoms with Gasteiger partial charge < -0.3 is 14.8 Å². The van der Waals surface area contributed by atoms with Crippen molar-refractivity contribution >= 4 is 21.6 Å². The normalized spacial score (nSPS) is 11.2. The molecule has 7 nitrogen and oxygen atoms in total. The van der Waals surface area contributed by atoms with Gasteiger partial charge in [0.05, 0.1) is 0 Å². The zero-order valence-electron chi connectivity index (χ0n) is 10.5. The van der Waals surface area contributed by atoms with Gasteiger partial charge in [0.15, 0.2) is 5.76 Å². The SMILES string of the molecule is CNS(=O)(=O)c1ccc(C(=O)Nc2ccc(O)cc2)o1. The predicted molar refractivity (Wildman–Crippen MR) is 71.0 cm³/mol. The second-order valence-electron chi connectivity index (χ2n) is 3.83. The second kappa shape index (κ2) is 5.35. The zero-order valence-corrected chi connectivity index (χ0v) is 11.3. The van der Waals surface area contributed by atoms with Crippen LogP contribution in [0.1, 0.15) is 10.6 Å². The minimum atomic E-state index is -3.72. The lowest BCUT2D eigenvalue weighted by molar-refractivity contribution is 0.0991. The number of carbonyl (C=O) groups is 1. The van der Waals surface area contributed by atoms with Gasteiger partial charge in [-0.15, -0.1) is 0 Å². The molecule has 0 aliphatic rings. The average molecular weight is 296 g/mol. The van der Waals surface area contributed by atoms with Gasteiger partial charge >= 0.3 is 0 Å². The lowest BCUT2D eigenvalue weighted by atomic mass is 10.3. The van der Waals surface area contributed by atoms with Crippen LogP contribution in [0.5, 0.6) is 5.75 Å². The number of anilines is 1. The molecule has 0 aliphatic carbocycles. The van der Waals surface area contributed by atoms with Gasteiger partial charge in [-0.05, 0) is 43.4 Å². The molecular weight excluding hydrogens is 284 g/mol. The van der Waals surface area contributed by atoms with Gasteiger partial charge in [0.1, 0.15) is 5.75 Å². The summed E-state index contributed by atoms with van der Waals surface area (Å²) in [4.78, 5) is 11.8. The maximum absolute atomic E-state index is 11.8. The lowest BCUT2D eigenvalue weighted by Gasteiger charge is -2.03. The number of phenols is 1. The molecule has 0 saturated carbocycles. The van der Waals surface area contributed by atoms with Crippen molar-refractivity contribution in [3.05, 3.63) is 42.2 Å². The van der Waals surface area contributed by atoms with Gasteiger partial charge in [0.2, 0.25) is 5.09 Å². The fraction of sp³-hybridized carbons (Fsp3) is 0.0833. The third-order valence-electron chi connectivity index (χ3n) is 2.46. The summed E-state index contributed by atoms with van der Waals surface area (Å²) in [5, 5.41) is 11.3. The van der Waals surface area contributed by atoms with Crippen molar-refractivity contribution in [3.8, 4) is 5.75 Å². The van der Waals surface area contributed by atoms with Crippen LogP contribution in [0.15, 0.2) is 45.9 Å². The molecule has 0 saturated heterocycles. The summed E-state index contributed by atoms with van der Waals surface area (Å²) in [7, 11) is -2.47. The molecule has 0 atom stereocenters. The van der Waals surface area contributed by atoms with Gasteiger partial charge in [-0.1, -0.05) is 0 Å². The highest BCUT2D eigenvalue weighted by Gasteiger charge is 2.19. The summed E-state index contributed by atoms with van der Waals surface area (Å²) in [6.07, 6.45) is 0. The molecule has 0 spiro atoms. The monoisotopic (exact) mass is 296 g/mol. The molecule has 1 heterocycles. The number of phenolic OH excluding ortho intramolecular Hbond substituents is 1. The molecule has 0 bridgehead atoms. The third-order valence-corrected chi connectivity index (χ3v) is 3.75. The number of nitrogens with one attached hydrogen (secondary N) is 2. The molecule has 8 heteroatoms. The van der Waals surface area contributed by atoms with Crippen molar-refractivity contribution in [3.63, 3.8) is 0 Å². The Labute approximate surface area is 115 Å². The Morgan fingerprint density at radius 3 is 2.40 bits per heavy atom. The van der Waals surface area contributed by atoms with Crippen LogP contribution in [0.2, 0.25) is 0 Å². The Hall–Kier alpha value is -2.32. The number of furan rings is 1. The minimum Gasteiger partial charge on any atom is -0.508 e. The van der Waals surface area contributed by atoms with Crippen LogP contribution in [-0.2, 0) is 10.0 Å².